The van der Waals surface area contributed by atoms with Gasteiger partial charge < -0.3 is 29.2 Å². The molecule has 0 aromatic carbocycles. The average Bonchev–Trinajstić information content (AvgIpc) is 2.96. The molecule has 0 aromatic heterocycles. The van der Waals surface area contributed by atoms with E-state index in [1.807, 2.05) is 40.7 Å². The Morgan fingerprint density at radius 1 is 0.878 bits per heavy atom. The van der Waals surface area contributed by atoms with Gasteiger partial charge in [0.1, 0.15) is 0 Å². The largest absolute Gasteiger partial charge is 0.393 e. The van der Waals surface area contributed by atoms with Gasteiger partial charge in [-0.05, 0) is 71.1 Å². The second-order valence-corrected chi connectivity index (χ2v) is 13.1. The molecule has 3 aliphatic rings. The van der Waals surface area contributed by atoms with Crippen LogP contribution in [0.2, 0.25) is 0 Å². The summed E-state index contributed by atoms with van der Waals surface area (Å²) in [5.74, 6) is 0.761. The predicted octanol–water partition coefficient (Wildman–Crippen LogP) is 7.43. The van der Waals surface area contributed by atoms with Gasteiger partial charge in [-0.2, -0.15) is 0 Å². The Bertz CT molecular complexity index is 681. The van der Waals surface area contributed by atoms with Gasteiger partial charge in [0.05, 0.1) is 24.4 Å². The first-order valence-corrected chi connectivity index (χ1v) is 15.9. The molecule has 1 aliphatic heterocycles. The first-order chi connectivity index (χ1) is 18.8. The maximum Gasteiger partial charge on any atom is 0.163 e. The zero-order chi connectivity index (χ0) is 30.3. The van der Waals surface area contributed by atoms with Crippen molar-refractivity contribution in [2.24, 2.45) is 23.7 Å². The fraction of sp³-hybridized carbons (Fsp3) is 0.882. The van der Waals surface area contributed by atoms with Gasteiger partial charge in [0, 0.05) is 41.4 Å². The van der Waals surface area contributed by atoms with Crippen molar-refractivity contribution < 1.29 is 29.2 Å². The number of methoxy groups -OCH3 is 2. The van der Waals surface area contributed by atoms with E-state index in [1.165, 1.54) is 51.4 Å². The fourth-order valence-corrected chi connectivity index (χ4v) is 5.76. The van der Waals surface area contributed by atoms with Crippen molar-refractivity contribution in [1.29, 1.82) is 0 Å². The molecule has 6 atom stereocenters. The fourth-order valence-electron chi connectivity index (χ4n) is 5.76. The molecule has 3 rings (SSSR count). The molecule has 3 fully saturated rings. The van der Waals surface area contributed by atoms with Crippen molar-refractivity contribution in [1.82, 2.24) is 0 Å². The Morgan fingerprint density at radius 3 is 1.83 bits per heavy atom. The summed E-state index contributed by atoms with van der Waals surface area (Å²) in [6, 6.07) is 0. The lowest BCUT2D eigenvalue weighted by atomic mass is 9.81. The van der Waals surface area contributed by atoms with Crippen LogP contribution in [0.25, 0.3) is 0 Å². The molecule has 0 unspecified atom stereocenters. The molecule has 239 valence electrons. The molecule has 7 heteroatoms. The van der Waals surface area contributed by atoms with Gasteiger partial charge in [0.25, 0.3) is 0 Å². The van der Waals surface area contributed by atoms with Crippen LogP contribution >= 0.6 is 0 Å². The molecule has 2 N–H and O–H groups in total. The third-order valence-electron chi connectivity index (χ3n) is 9.11. The van der Waals surface area contributed by atoms with Crippen LogP contribution in [0.15, 0.2) is 25.3 Å². The van der Waals surface area contributed by atoms with Gasteiger partial charge in [-0.3, -0.25) is 0 Å². The molecule has 0 aromatic rings. The van der Waals surface area contributed by atoms with E-state index in [2.05, 4.69) is 20.1 Å². The Morgan fingerprint density at radius 2 is 1.39 bits per heavy atom. The van der Waals surface area contributed by atoms with Crippen molar-refractivity contribution in [3.63, 3.8) is 0 Å². The molecule has 0 bridgehead atoms. The van der Waals surface area contributed by atoms with E-state index in [9.17, 15) is 10.2 Å². The van der Waals surface area contributed by atoms with Crippen LogP contribution in [0.5, 0.6) is 0 Å². The summed E-state index contributed by atoms with van der Waals surface area (Å²) >= 11 is 0. The van der Waals surface area contributed by atoms with Crippen LogP contribution in [0.3, 0.4) is 0 Å². The SMILES string of the molecule is C=C[C@@H](C)[C@H](O)C[C@H](O)C1CCCCC1.C=C[C@@H](C)[C@H]1C[C@@H](C2CCCCC2)OC(C)(C)O1.COC(C)(C)OC.[B]. The first kappa shape index (κ1) is 40.3. The van der Waals surface area contributed by atoms with E-state index in [1.54, 1.807) is 20.3 Å². The summed E-state index contributed by atoms with van der Waals surface area (Å²) in [6.45, 7) is 19.5. The van der Waals surface area contributed by atoms with Crippen LogP contribution in [0.1, 0.15) is 119 Å². The molecule has 0 amide bonds. The van der Waals surface area contributed by atoms with Gasteiger partial charge in [0.2, 0.25) is 0 Å². The molecule has 0 spiro atoms. The second-order valence-electron chi connectivity index (χ2n) is 13.1. The van der Waals surface area contributed by atoms with Crippen molar-refractivity contribution in [3.8, 4) is 0 Å². The molecular weight excluding hydrogens is 515 g/mol. The number of hydrogen-bond acceptors (Lipinski definition) is 6. The molecule has 1 saturated heterocycles. The van der Waals surface area contributed by atoms with Gasteiger partial charge in [-0.25, -0.2) is 0 Å². The van der Waals surface area contributed by atoms with Gasteiger partial charge in [-0.15, -0.1) is 13.2 Å². The smallest absolute Gasteiger partial charge is 0.163 e. The Balaban J connectivity index is 0.000000632. The topological polar surface area (TPSA) is 77.4 Å². The zero-order valence-corrected chi connectivity index (χ0v) is 27.8. The summed E-state index contributed by atoms with van der Waals surface area (Å²) in [5.41, 5.74) is 0. The highest BCUT2D eigenvalue weighted by Crippen LogP contribution is 2.38. The Kier molecular flexibility index (Phi) is 20.0. The lowest BCUT2D eigenvalue weighted by molar-refractivity contribution is -0.314. The van der Waals surface area contributed by atoms with E-state index < -0.39 is 17.7 Å². The van der Waals surface area contributed by atoms with Crippen molar-refractivity contribution >= 4 is 8.41 Å². The third kappa shape index (κ3) is 15.6. The first-order valence-electron chi connectivity index (χ1n) is 15.9. The quantitative estimate of drug-likeness (QED) is 0.159. The maximum atomic E-state index is 9.99. The van der Waals surface area contributed by atoms with Crippen LogP contribution in [0.4, 0.5) is 0 Å². The number of hydrogen-bond donors (Lipinski definition) is 2. The Labute approximate surface area is 255 Å². The minimum atomic E-state index is -0.445. The predicted molar refractivity (Wildman–Crippen MR) is 171 cm³/mol. The lowest BCUT2D eigenvalue weighted by Gasteiger charge is -2.45. The summed E-state index contributed by atoms with van der Waals surface area (Å²) in [5, 5.41) is 19.8. The van der Waals surface area contributed by atoms with Crippen LogP contribution < -0.4 is 0 Å². The molecular formula is C34H64BO6. The van der Waals surface area contributed by atoms with E-state index in [0.717, 1.165) is 25.2 Å². The van der Waals surface area contributed by atoms with Crippen molar-refractivity contribution in [3.05, 3.63) is 25.3 Å². The molecule has 2 saturated carbocycles. The highest BCUT2D eigenvalue weighted by molar-refractivity contribution is 5.75. The van der Waals surface area contributed by atoms with Crippen molar-refractivity contribution in [2.45, 2.75) is 155 Å². The number of aliphatic hydroxyl groups is 2. The minimum Gasteiger partial charge on any atom is -0.393 e. The van der Waals surface area contributed by atoms with Gasteiger partial charge in [0.15, 0.2) is 11.6 Å². The standard InChI is InChI=1S/C16H28O2.C13H24O2.C5H12O2.B/c1-5-12(2)14-11-15(18-16(3,4)17-14)13-9-7-6-8-10-13;1-3-10(2)12(14)9-13(15)11-7-5-4-6-8-11;1-5(2,6-3)7-4;/h5,12-15H,1,6-11H2,2-4H3;3,10-15H,1,4-9H2,2H3;1-4H3;/t12-,14-,15+;10-,12-,13+;;/m11../s1. The summed E-state index contributed by atoms with van der Waals surface area (Å²) < 4.78 is 22.0. The van der Waals surface area contributed by atoms with E-state index in [4.69, 9.17) is 18.9 Å². The van der Waals surface area contributed by atoms with Crippen LogP contribution in [0, 0.1) is 23.7 Å². The monoisotopic (exact) mass is 579 g/mol. The van der Waals surface area contributed by atoms with E-state index in [-0.39, 0.29) is 26.5 Å². The van der Waals surface area contributed by atoms with Crippen LogP contribution in [-0.2, 0) is 18.9 Å². The van der Waals surface area contributed by atoms with Crippen molar-refractivity contribution in [2.75, 3.05) is 14.2 Å². The van der Waals surface area contributed by atoms with Crippen LogP contribution in [-0.4, -0.2) is 68.8 Å². The summed E-state index contributed by atoms with van der Waals surface area (Å²) in [4.78, 5) is 0. The average molecular weight is 580 g/mol. The highest BCUT2D eigenvalue weighted by atomic mass is 16.7. The normalized spacial score (nSPS) is 26.4. The zero-order valence-electron chi connectivity index (χ0n) is 27.8. The number of rotatable bonds is 10. The molecule has 41 heavy (non-hydrogen) atoms. The maximum absolute atomic E-state index is 9.99. The summed E-state index contributed by atoms with van der Waals surface area (Å²) in [7, 11) is 3.23. The lowest BCUT2D eigenvalue weighted by Crippen LogP contribution is -2.49. The van der Waals surface area contributed by atoms with Gasteiger partial charge >= 0.3 is 0 Å². The number of aliphatic hydroxyl groups excluding tert-OH is 2. The van der Waals surface area contributed by atoms with E-state index >= 15 is 0 Å². The third-order valence-corrected chi connectivity index (χ3v) is 9.11. The van der Waals surface area contributed by atoms with Gasteiger partial charge in [-0.1, -0.05) is 64.5 Å². The number of ether oxygens (including phenoxy) is 4. The molecule has 1 heterocycles. The van der Waals surface area contributed by atoms with E-state index in [0.29, 0.717) is 24.4 Å². The minimum absolute atomic E-state index is 0. The molecule has 3 radical (unpaired) electrons. The second kappa shape index (κ2) is 20.3. The highest BCUT2D eigenvalue weighted by Gasteiger charge is 2.40. The summed E-state index contributed by atoms with van der Waals surface area (Å²) in [6.07, 6.45) is 17.9. The Hall–Kier alpha value is -0.695. The molecule has 2 aliphatic carbocycles. The molecule has 6 nitrogen and oxygen atoms in total.